The largest absolute Gasteiger partial charge is 0.468 e. The molecule has 0 unspecified atom stereocenters. The van der Waals surface area contributed by atoms with Crippen LogP contribution in [0, 0.1) is 0 Å². The molecule has 0 aliphatic rings. The van der Waals surface area contributed by atoms with Crippen LogP contribution < -0.4 is 5.56 Å². The van der Waals surface area contributed by atoms with E-state index in [-0.39, 0.29) is 23.6 Å². The molecule has 0 aliphatic heterocycles. The Labute approximate surface area is 166 Å². The summed E-state index contributed by atoms with van der Waals surface area (Å²) in [4.78, 5) is 41.6. The minimum absolute atomic E-state index is 0.0697. The third kappa shape index (κ3) is 4.31. The van der Waals surface area contributed by atoms with E-state index in [1.54, 1.807) is 36.4 Å². The quantitative estimate of drug-likeness (QED) is 0.264. The van der Waals surface area contributed by atoms with Crippen molar-refractivity contribution in [3.8, 4) is 0 Å². The van der Waals surface area contributed by atoms with Crippen LogP contribution in [0.25, 0.3) is 10.9 Å². The van der Waals surface area contributed by atoms with Crippen LogP contribution in [0.3, 0.4) is 0 Å². The van der Waals surface area contributed by atoms with E-state index >= 15 is 0 Å². The van der Waals surface area contributed by atoms with Gasteiger partial charge in [-0.2, -0.15) is 0 Å². The Morgan fingerprint density at radius 1 is 1.11 bits per heavy atom. The van der Waals surface area contributed by atoms with Gasteiger partial charge in [0.05, 0.1) is 23.8 Å². The maximum Gasteiger partial charge on any atom is 0.325 e. The van der Waals surface area contributed by atoms with Gasteiger partial charge in [-0.05, 0) is 24.1 Å². The molecule has 2 aromatic carbocycles. The normalized spacial score (nSPS) is 10.8. The van der Waals surface area contributed by atoms with E-state index in [2.05, 4.69) is 11.9 Å². The van der Waals surface area contributed by atoms with E-state index in [1.165, 1.54) is 11.7 Å². The molecule has 0 saturated heterocycles. The molecule has 0 bridgehead atoms. The van der Waals surface area contributed by atoms with Gasteiger partial charge < -0.3 is 4.74 Å². The van der Waals surface area contributed by atoms with Gasteiger partial charge in [-0.1, -0.05) is 55.1 Å². The monoisotopic (exact) mass is 396 g/mol. The Morgan fingerprint density at radius 2 is 1.82 bits per heavy atom. The van der Waals surface area contributed by atoms with Crippen molar-refractivity contribution in [2.24, 2.45) is 0 Å². The first-order valence-corrected chi connectivity index (χ1v) is 9.83. The highest BCUT2D eigenvalue weighted by Gasteiger charge is 2.16. The van der Waals surface area contributed by atoms with Crippen LogP contribution >= 0.6 is 11.8 Å². The second kappa shape index (κ2) is 8.84. The number of hydrogen-bond acceptors (Lipinski definition) is 6. The Balaban J connectivity index is 1.89. The number of fused-ring (bicyclic) bond motifs is 1. The average Bonchev–Trinajstić information content (AvgIpc) is 2.74. The number of hydrogen-bond donors (Lipinski definition) is 0. The molecule has 0 saturated carbocycles. The molecule has 1 aromatic heterocycles. The lowest BCUT2D eigenvalue weighted by molar-refractivity contribution is -0.141. The van der Waals surface area contributed by atoms with Gasteiger partial charge in [0.2, 0.25) is 0 Å². The number of esters is 1. The lowest BCUT2D eigenvalue weighted by Crippen LogP contribution is -2.27. The standard InChI is InChI=1S/C21H20N2O4S/c1-3-14-8-10-15(11-9-14)18(24)13-28-21-22-17-7-5-4-6-16(17)20(26)23(21)12-19(25)27-2/h4-11H,3,12-13H2,1-2H3. The minimum atomic E-state index is -0.553. The van der Waals surface area contributed by atoms with Crippen molar-refractivity contribution in [2.45, 2.75) is 25.0 Å². The van der Waals surface area contributed by atoms with Crippen LogP contribution in [0.5, 0.6) is 0 Å². The number of aromatic nitrogens is 2. The lowest BCUT2D eigenvalue weighted by atomic mass is 10.1. The number of thioether (sulfide) groups is 1. The highest BCUT2D eigenvalue weighted by Crippen LogP contribution is 2.19. The Morgan fingerprint density at radius 3 is 2.50 bits per heavy atom. The van der Waals surface area contributed by atoms with Gasteiger partial charge in [-0.25, -0.2) is 4.98 Å². The fourth-order valence-corrected chi connectivity index (χ4v) is 3.62. The molecular formula is C21H20N2O4S. The molecule has 0 spiro atoms. The molecule has 7 heteroatoms. The van der Waals surface area contributed by atoms with Gasteiger partial charge in [0.1, 0.15) is 6.54 Å². The predicted octanol–water partition coefficient (Wildman–Crippen LogP) is 3.11. The van der Waals surface area contributed by atoms with Gasteiger partial charge in [0.25, 0.3) is 5.56 Å². The molecule has 1 heterocycles. The van der Waals surface area contributed by atoms with Crippen LogP contribution in [0.2, 0.25) is 0 Å². The number of benzene rings is 2. The number of nitrogens with zero attached hydrogens (tertiary/aromatic N) is 2. The van der Waals surface area contributed by atoms with Gasteiger partial charge >= 0.3 is 5.97 Å². The molecule has 0 amide bonds. The van der Waals surface area contributed by atoms with E-state index in [1.807, 2.05) is 12.1 Å². The molecule has 28 heavy (non-hydrogen) atoms. The van der Waals surface area contributed by atoms with Crippen LogP contribution in [0.1, 0.15) is 22.8 Å². The molecule has 144 valence electrons. The summed E-state index contributed by atoms with van der Waals surface area (Å²) in [5, 5.41) is 0.727. The summed E-state index contributed by atoms with van der Waals surface area (Å²) < 4.78 is 5.95. The third-order valence-electron chi connectivity index (χ3n) is 4.36. The van der Waals surface area contributed by atoms with E-state index < -0.39 is 5.97 Å². The number of ketones is 1. The van der Waals surface area contributed by atoms with Crippen molar-refractivity contribution in [2.75, 3.05) is 12.9 Å². The van der Waals surface area contributed by atoms with Crippen molar-refractivity contribution in [1.82, 2.24) is 9.55 Å². The zero-order chi connectivity index (χ0) is 20.1. The number of carbonyl (C=O) groups excluding carboxylic acids is 2. The fourth-order valence-electron chi connectivity index (χ4n) is 2.73. The molecule has 6 nitrogen and oxygen atoms in total. The molecule has 3 rings (SSSR count). The zero-order valence-corrected chi connectivity index (χ0v) is 16.5. The summed E-state index contributed by atoms with van der Waals surface area (Å²) in [7, 11) is 1.26. The smallest absolute Gasteiger partial charge is 0.325 e. The maximum atomic E-state index is 12.8. The summed E-state index contributed by atoms with van der Waals surface area (Å²) in [6.07, 6.45) is 0.907. The summed E-state index contributed by atoms with van der Waals surface area (Å²) in [5.74, 6) is -0.514. The van der Waals surface area contributed by atoms with Crippen molar-refractivity contribution in [1.29, 1.82) is 0 Å². The predicted molar refractivity (Wildman–Crippen MR) is 109 cm³/mol. The Bertz CT molecular complexity index is 1070. The summed E-state index contributed by atoms with van der Waals surface area (Å²) in [6, 6.07) is 14.4. The number of Topliss-reactive ketones (excluding diaryl/α,β-unsaturated/α-hetero) is 1. The number of methoxy groups -OCH3 is 1. The number of rotatable bonds is 7. The Kier molecular flexibility index (Phi) is 6.26. The molecule has 0 N–H and O–H groups in total. The summed E-state index contributed by atoms with van der Waals surface area (Å²) in [5.41, 5.74) is 1.95. The van der Waals surface area contributed by atoms with Gasteiger partial charge in [-0.3, -0.25) is 19.0 Å². The number of aryl methyl sites for hydroxylation is 1. The SMILES string of the molecule is CCc1ccc(C(=O)CSc2nc3ccccc3c(=O)n2CC(=O)OC)cc1. The lowest BCUT2D eigenvalue weighted by Gasteiger charge is -2.12. The number of ether oxygens (including phenoxy) is 1. The summed E-state index contributed by atoms with van der Waals surface area (Å²) in [6.45, 7) is 1.80. The van der Waals surface area contributed by atoms with Crippen molar-refractivity contribution >= 4 is 34.4 Å². The van der Waals surface area contributed by atoms with E-state index in [0.29, 0.717) is 21.6 Å². The molecular weight excluding hydrogens is 376 g/mol. The third-order valence-corrected chi connectivity index (χ3v) is 5.33. The Hall–Kier alpha value is -2.93. The molecule has 3 aromatic rings. The van der Waals surface area contributed by atoms with Crippen LogP contribution in [-0.4, -0.2) is 34.2 Å². The first-order chi connectivity index (χ1) is 13.5. The molecule has 0 radical (unpaired) electrons. The number of carbonyl (C=O) groups is 2. The maximum absolute atomic E-state index is 12.8. The minimum Gasteiger partial charge on any atom is -0.468 e. The van der Waals surface area contributed by atoms with E-state index in [4.69, 9.17) is 4.74 Å². The first kappa shape index (κ1) is 19.8. The number of para-hydroxylation sites is 1. The topological polar surface area (TPSA) is 78.3 Å². The fraction of sp³-hybridized carbons (Fsp3) is 0.238. The molecule has 0 fully saturated rings. The van der Waals surface area contributed by atoms with Gasteiger partial charge in [-0.15, -0.1) is 0 Å². The first-order valence-electron chi connectivity index (χ1n) is 8.84. The second-order valence-electron chi connectivity index (χ2n) is 6.14. The van der Waals surface area contributed by atoms with Gasteiger partial charge in [0, 0.05) is 5.56 Å². The van der Waals surface area contributed by atoms with Crippen LogP contribution in [-0.2, 0) is 22.5 Å². The van der Waals surface area contributed by atoms with Gasteiger partial charge in [0.15, 0.2) is 10.9 Å². The van der Waals surface area contributed by atoms with E-state index in [0.717, 1.165) is 23.7 Å². The molecule has 0 aliphatic carbocycles. The van der Waals surface area contributed by atoms with E-state index in [9.17, 15) is 14.4 Å². The van der Waals surface area contributed by atoms with Crippen molar-refractivity contribution in [3.63, 3.8) is 0 Å². The van der Waals surface area contributed by atoms with Crippen molar-refractivity contribution in [3.05, 3.63) is 70.0 Å². The second-order valence-corrected chi connectivity index (χ2v) is 7.08. The van der Waals surface area contributed by atoms with Crippen molar-refractivity contribution < 1.29 is 14.3 Å². The van der Waals surface area contributed by atoms with Crippen LogP contribution in [0.15, 0.2) is 58.5 Å². The highest BCUT2D eigenvalue weighted by molar-refractivity contribution is 7.99. The highest BCUT2D eigenvalue weighted by atomic mass is 32.2. The van der Waals surface area contributed by atoms with Crippen LogP contribution in [0.4, 0.5) is 0 Å². The molecule has 0 atom stereocenters. The summed E-state index contributed by atoms with van der Waals surface area (Å²) >= 11 is 1.14. The zero-order valence-electron chi connectivity index (χ0n) is 15.7. The average molecular weight is 396 g/mol.